The van der Waals surface area contributed by atoms with Crippen LogP contribution in [-0.4, -0.2) is 58.2 Å². The van der Waals surface area contributed by atoms with Gasteiger partial charge in [-0.05, 0) is 31.2 Å². The average Bonchev–Trinajstić information content (AvgIpc) is 3.15. The van der Waals surface area contributed by atoms with E-state index >= 15 is 0 Å². The molecule has 0 atom stereocenters. The molecule has 0 unspecified atom stereocenters. The third-order valence-electron chi connectivity index (χ3n) is 5.01. The van der Waals surface area contributed by atoms with Crippen molar-refractivity contribution in [3.63, 3.8) is 0 Å². The molecular formula is C21H23N5O3S. The molecule has 3 aromatic heterocycles. The zero-order chi connectivity index (χ0) is 20.9. The lowest BCUT2D eigenvalue weighted by atomic mass is 10.2. The molecule has 4 heterocycles. The third-order valence-corrected chi connectivity index (χ3v) is 5.77. The summed E-state index contributed by atoms with van der Waals surface area (Å²) in [5.41, 5.74) is 2.11. The minimum absolute atomic E-state index is 0.0225. The maximum Gasteiger partial charge on any atom is 0.339 e. The van der Waals surface area contributed by atoms with Crippen molar-refractivity contribution in [1.82, 2.24) is 19.4 Å². The number of rotatable bonds is 6. The number of hydrogen-bond acceptors (Lipinski definition) is 8. The van der Waals surface area contributed by atoms with Crippen LogP contribution in [-0.2, 0) is 11.4 Å². The fourth-order valence-corrected chi connectivity index (χ4v) is 4.15. The van der Waals surface area contributed by atoms with Crippen LogP contribution in [0, 0.1) is 0 Å². The summed E-state index contributed by atoms with van der Waals surface area (Å²) in [6.07, 6.45) is 3.30. The van der Waals surface area contributed by atoms with Crippen LogP contribution >= 0.6 is 11.3 Å². The molecule has 1 saturated heterocycles. The van der Waals surface area contributed by atoms with Crippen molar-refractivity contribution in [2.24, 2.45) is 0 Å². The van der Waals surface area contributed by atoms with E-state index in [1.54, 1.807) is 30.0 Å². The zero-order valence-electron chi connectivity index (χ0n) is 16.7. The maximum absolute atomic E-state index is 12.4. The molecule has 0 amide bonds. The standard InChI is InChI=1S/C21H23N5O3S/c1-2-29-20(27)16-6-7-19(23-13-16)25-11-9-24(10-12-25)15-26-18(14-30-21(26)28)17-5-3-4-8-22-17/h3-8,13-14H,2,9-12,15H2,1H3. The monoisotopic (exact) mass is 425 g/mol. The van der Waals surface area contributed by atoms with Crippen LogP contribution in [0.25, 0.3) is 11.4 Å². The molecule has 156 valence electrons. The molecule has 1 aliphatic heterocycles. The SMILES string of the molecule is CCOC(=O)c1ccc(N2CCN(Cn3c(-c4ccccn4)csc3=O)CC2)nc1. The van der Waals surface area contributed by atoms with Gasteiger partial charge >= 0.3 is 10.8 Å². The quantitative estimate of drug-likeness (QED) is 0.561. The number of esters is 1. The van der Waals surface area contributed by atoms with Gasteiger partial charge in [0.1, 0.15) is 5.82 Å². The summed E-state index contributed by atoms with van der Waals surface area (Å²) in [6.45, 7) is 5.88. The number of carbonyl (C=O) groups is 1. The first kappa shape index (κ1) is 20.2. The van der Waals surface area contributed by atoms with Crippen molar-refractivity contribution < 1.29 is 9.53 Å². The van der Waals surface area contributed by atoms with E-state index in [2.05, 4.69) is 19.8 Å². The van der Waals surface area contributed by atoms with Crippen molar-refractivity contribution in [2.75, 3.05) is 37.7 Å². The molecule has 0 aliphatic carbocycles. The van der Waals surface area contributed by atoms with Crippen LogP contribution in [0.4, 0.5) is 5.82 Å². The fourth-order valence-electron chi connectivity index (χ4n) is 3.41. The number of piperazine rings is 1. The van der Waals surface area contributed by atoms with Crippen molar-refractivity contribution in [1.29, 1.82) is 0 Å². The minimum atomic E-state index is -0.355. The molecule has 8 nitrogen and oxygen atoms in total. The topological polar surface area (TPSA) is 80.6 Å². The average molecular weight is 426 g/mol. The molecule has 0 radical (unpaired) electrons. The highest BCUT2D eigenvalue weighted by atomic mass is 32.1. The van der Waals surface area contributed by atoms with Crippen LogP contribution in [0.15, 0.2) is 52.9 Å². The Morgan fingerprint density at radius 1 is 1.13 bits per heavy atom. The molecule has 4 rings (SSSR count). The molecular weight excluding hydrogens is 402 g/mol. The Morgan fingerprint density at radius 2 is 1.97 bits per heavy atom. The summed E-state index contributed by atoms with van der Waals surface area (Å²) >= 11 is 1.20. The molecule has 0 spiro atoms. The van der Waals surface area contributed by atoms with Gasteiger partial charge in [0, 0.05) is 44.0 Å². The van der Waals surface area contributed by atoms with Crippen LogP contribution in [0.3, 0.4) is 0 Å². The van der Waals surface area contributed by atoms with Crippen LogP contribution in [0.5, 0.6) is 0 Å². The Labute approximate surface area is 178 Å². The Kier molecular flexibility index (Phi) is 6.20. The largest absolute Gasteiger partial charge is 0.462 e. The highest BCUT2D eigenvalue weighted by molar-refractivity contribution is 7.07. The molecule has 9 heteroatoms. The summed E-state index contributed by atoms with van der Waals surface area (Å²) < 4.78 is 6.78. The zero-order valence-corrected chi connectivity index (χ0v) is 17.5. The fraction of sp³-hybridized carbons (Fsp3) is 0.333. The van der Waals surface area contributed by atoms with E-state index in [-0.39, 0.29) is 10.8 Å². The maximum atomic E-state index is 12.4. The summed E-state index contributed by atoms with van der Waals surface area (Å²) in [5, 5.41) is 1.87. The number of anilines is 1. The van der Waals surface area contributed by atoms with Gasteiger partial charge in [-0.25, -0.2) is 9.78 Å². The summed E-state index contributed by atoms with van der Waals surface area (Å²) in [5.74, 6) is 0.482. The molecule has 30 heavy (non-hydrogen) atoms. The highest BCUT2D eigenvalue weighted by Crippen LogP contribution is 2.19. The van der Waals surface area contributed by atoms with Crippen LogP contribution < -0.4 is 9.77 Å². The van der Waals surface area contributed by atoms with Crippen LogP contribution in [0.1, 0.15) is 17.3 Å². The molecule has 0 aromatic carbocycles. The lowest BCUT2D eigenvalue weighted by molar-refractivity contribution is 0.0526. The predicted molar refractivity (Wildman–Crippen MR) is 116 cm³/mol. The Balaban J connectivity index is 1.39. The second kappa shape index (κ2) is 9.19. The minimum Gasteiger partial charge on any atom is -0.462 e. The van der Waals surface area contributed by atoms with Gasteiger partial charge in [-0.15, -0.1) is 0 Å². The van der Waals surface area contributed by atoms with Crippen LogP contribution in [0.2, 0.25) is 0 Å². The molecule has 3 aromatic rings. The van der Waals surface area contributed by atoms with Gasteiger partial charge in [0.15, 0.2) is 0 Å². The highest BCUT2D eigenvalue weighted by Gasteiger charge is 2.20. The Morgan fingerprint density at radius 3 is 2.63 bits per heavy atom. The summed E-state index contributed by atoms with van der Waals surface area (Å²) in [4.78, 5) is 37.4. The number of hydrogen-bond donors (Lipinski definition) is 0. The van der Waals surface area contributed by atoms with E-state index in [1.807, 2.05) is 29.6 Å². The smallest absolute Gasteiger partial charge is 0.339 e. The van der Waals surface area contributed by atoms with Gasteiger partial charge in [0.25, 0.3) is 0 Å². The van der Waals surface area contributed by atoms with Gasteiger partial charge in [-0.1, -0.05) is 17.4 Å². The molecule has 0 saturated carbocycles. The second-order valence-electron chi connectivity index (χ2n) is 6.90. The van der Waals surface area contributed by atoms with Crippen molar-refractivity contribution in [3.8, 4) is 11.4 Å². The second-order valence-corrected chi connectivity index (χ2v) is 7.72. The first-order chi connectivity index (χ1) is 14.7. The predicted octanol–water partition coefficient (Wildman–Crippen LogP) is 2.32. The van der Waals surface area contributed by atoms with E-state index in [4.69, 9.17) is 4.74 Å². The first-order valence-corrected chi connectivity index (χ1v) is 10.7. The number of nitrogens with zero attached hydrogens (tertiary/aromatic N) is 5. The summed E-state index contributed by atoms with van der Waals surface area (Å²) in [6, 6.07) is 9.31. The number of pyridine rings is 2. The number of carbonyl (C=O) groups excluding carboxylic acids is 1. The molecule has 1 aliphatic rings. The Bertz CT molecular complexity index is 1040. The van der Waals surface area contributed by atoms with Gasteiger partial charge in [-0.3, -0.25) is 19.2 Å². The molecule has 1 fully saturated rings. The van der Waals surface area contributed by atoms with Crippen molar-refractivity contribution in [3.05, 3.63) is 63.3 Å². The van der Waals surface area contributed by atoms with E-state index in [1.165, 1.54) is 11.3 Å². The number of aromatic nitrogens is 3. The number of ether oxygens (including phenoxy) is 1. The lowest BCUT2D eigenvalue weighted by Crippen LogP contribution is -2.47. The van der Waals surface area contributed by atoms with E-state index < -0.39 is 0 Å². The lowest BCUT2D eigenvalue weighted by Gasteiger charge is -2.35. The number of thiazole rings is 1. The van der Waals surface area contributed by atoms with E-state index in [9.17, 15) is 9.59 Å². The van der Waals surface area contributed by atoms with Gasteiger partial charge in [0.05, 0.1) is 30.2 Å². The van der Waals surface area contributed by atoms with E-state index in [0.717, 1.165) is 43.4 Å². The molecule has 0 bridgehead atoms. The molecule has 0 N–H and O–H groups in total. The van der Waals surface area contributed by atoms with E-state index in [0.29, 0.717) is 18.8 Å². The van der Waals surface area contributed by atoms with Crippen molar-refractivity contribution in [2.45, 2.75) is 13.6 Å². The first-order valence-electron chi connectivity index (χ1n) is 9.86. The van der Waals surface area contributed by atoms with Gasteiger partial charge < -0.3 is 9.64 Å². The van der Waals surface area contributed by atoms with Crippen molar-refractivity contribution >= 4 is 23.1 Å². The summed E-state index contributed by atoms with van der Waals surface area (Å²) in [7, 11) is 0. The normalized spacial score (nSPS) is 14.6. The van der Waals surface area contributed by atoms with Gasteiger partial charge in [0.2, 0.25) is 0 Å². The Hall–Kier alpha value is -3.04. The van der Waals surface area contributed by atoms with Gasteiger partial charge in [-0.2, -0.15) is 0 Å². The third kappa shape index (κ3) is 4.42.